The molecule has 3 N–H and O–H groups in total. The summed E-state index contributed by atoms with van der Waals surface area (Å²) in [7, 11) is 0. The van der Waals surface area contributed by atoms with Gasteiger partial charge in [0.25, 0.3) is 0 Å². The number of hydrogen-bond donors (Lipinski definition) is 3. The molecule has 0 aliphatic heterocycles. The molecule has 0 amide bonds. The first-order chi connectivity index (χ1) is 17.1. The van der Waals surface area contributed by atoms with Gasteiger partial charge in [-0.15, -0.1) is 13.2 Å². The molecular weight excluding hydrogens is 462 g/mol. The van der Waals surface area contributed by atoms with Crippen LogP contribution in [0.25, 0.3) is 11.8 Å². The third-order valence-corrected chi connectivity index (χ3v) is 10.1. The molecule has 3 fully saturated rings. The lowest BCUT2D eigenvalue weighted by Gasteiger charge is -2.60. The monoisotopic (exact) mass is 498 g/mol. The molecule has 3 unspecified atom stereocenters. The van der Waals surface area contributed by atoms with Gasteiger partial charge in [0, 0.05) is 11.5 Å². The van der Waals surface area contributed by atoms with E-state index in [1.807, 2.05) is 0 Å². The molecule has 4 aliphatic carbocycles. The van der Waals surface area contributed by atoms with E-state index < -0.39 is 28.8 Å². The van der Waals surface area contributed by atoms with E-state index in [2.05, 4.69) is 38.2 Å². The van der Waals surface area contributed by atoms with Crippen LogP contribution >= 0.6 is 0 Å². The molecule has 5 nitrogen and oxygen atoms in total. The minimum atomic E-state index is -1.14. The van der Waals surface area contributed by atoms with Gasteiger partial charge in [-0.1, -0.05) is 19.4 Å². The second kappa shape index (κ2) is 8.61. The van der Waals surface area contributed by atoms with Crippen LogP contribution in [-0.4, -0.2) is 43.4 Å². The molecule has 4 aliphatic rings. The van der Waals surface area contributed by atoms with Crippen molar-refractivity contribution < 1.29 is 24.1 Å². The van der Waals surface area contributed by atoms with Gasteiger partial charge in [-0.2, -0.15) is 5.10 Å². The standard InChI is InChI=1S/C27H32F2N2O3.C2H4/c1-25-11-15-13-30-31(19-9-17(28)8-18(29)10-19)22(15)7-16(25)3-4-20-21-5-6-27(34,14-32)26(21,2)12-23(33)24(20)25;1-2/h7-10,13,20-21,23-24,32-34H,3-6,11-12,14H2,1-2H3;1-2H2/t20?,21?,23-,24?,25-,26-,27-;/m0./s1. The normalized spacial score (nSPS) is 38.6. The molecule has 194 valence electrons. The van der Waals surface area contributed by atoms with Crippen LogP contribution in [0.4, 0.5) is 8.78 Å². The number of hydrogen-bond acceptors (Lipinski definition) is 4. The van der Waals surface area contributed by atoms with Crippen LogP contribution < -0.4 is 0 Å². The molecule has 0 radical (unpaired) electrons. The average molecular weight is 499 g/mol. The van der Waals surface area contributed by atoms with Gasteiger partial charge in [0.05, 0.1) is 35.9 Å². The van der Waals surface area contributed by atoms with Crippen molar-refractivity contribution >= 4 is 6.08 Å². The minimum Gasteiger partial charge on any atom is -0.393 e. The van der Waals surface area contributed by atoms with E-state index in [4.69, 9.17) is 0 Å². The zero-order valence-electron chi connectivity index (χ0n) is 21.1. The van der Waals surface area contributed by atoms with Crippen LogP contribution in [0.15, 0.2) is 43.1 Å². The second-order valence-corrected chi connectivity index (χ2v) is 11.6. The van der Waals surface area contributed by atoms with E-state index in [9.17, 15) is 24.1 Å². The third kappa shape index (κ3) is 3.39. The summed E-state index contributed by atoms with van der Waals surface area (Å²) < 4.78 is 29.3. The Balaban J connectivity index is 0.00000130. The predicted molar refractivity (Wildman–Crippen MR) is 134 cm³/mol. The summed E-state index contributed by atoms with van der Waals surface area (Å²) in [6.45, 7) is 10.0. The molecular formula is C29H36F2N2O3. The Labute approximate surface area is 211 Å². The maximum absolute atomic E-state index is 13.9. The van der Waals surface area contributed by atoms with E-state index in [-0.39, 0.29) is 29.8 Å². The van der Waals surface area contributed by atoms with E-state index >= 15 is 0 Å². The Morgan fingerprint density at radius 3 is 2.50 bits per heavy atom. The summed E-state index contributed by atoms with van der Waals surface area (Å²) in [5.41, 5.74) is 1.58. The first-order valence-corrected chi connectivity index (χ1v) is 12.9. The van der Waals surface area contributed by atoms with Gasteiger partial charge in [0.15, 0.2) is 0 Å². The molecule has 6 rings (SSSR count). The van der Waals surface area contributed by atoms with Gasteiger partial charge >= 0.3 is 0 Å². The topological polar surface area (TPSA) is 78.5 Å². The summed E-state index contributed by atoms with van der Waals surface area (Å²) in [6, 6.07) is 3.43. The number of aromatic nitrogens is 2. The Morgan fingerprint density at radius 1 is 1.14 bits per heavy atom. The van der Waals surface area contributed by atoms with Gasteiger partial charge < -0.3 is 15.3 Å². The Hall–Kier alpha value is -2.35. The van der Waals surface area contributed by atoms with Gasteiger partial charge in [-0.25, -0.2) is 13.5 Å². The van der Waals surface area contributed by atoms with Crippen molar-refractivity contribution in [2.75, 3.05) is 6.61 Å². The van der Waals surface area contributed by atoms with Crippen LogP contribution in [0.1, 0.15) is 57.2 Å². The fourth-order valence-corrected chi connectivity index (χ4v) is 8.41. The zero-order valence-corrected chi connectivity index (χ0v) is 21.1. The number of aliphatic hydroxyl groups is 3. The summed E-state index contributed by atoms with van der Waals surface area (Å²) in [5, 5.41) is 37.2. The van der Waals surface area contributed by atoms with Crippen molar-refractivity contribution in [3.8, 4) is 5.69 Å². The Morgan fingerprint density at radius 2 is 1.83 bits per heavy atom. The summed E-state index contributed by atoms with van der Waals surface area (Å²) in [5.74, 6) is -0.697. The van der Waals surface area contributed by atoms with E-state index in [1.54, 1.807) is 10.9 Å². The highest BCUT2D eigenvalue weighted by molar-refractivity contribution is 5.61. The van der Waals surface area contributed by atoms with Crippen molar-refractivity contribution in [2.45, 2.75) is 64.1 Å². The van der Waals surface area contributed by atoms with Gasteiger partial charge in [-0.3, -0.25) is 0 Å². The molecule has 0 saturated heterocycles. The highest BCUT2D eigenvalue weighted by Gasteiger charge is 2.66. The van der Waals surface area contributed by atoms with Gasteiger partial charge in [0.1, 0.15) is 11.6 Å². The lowest BCUT2D eigenvalue weighted by molar-refractivity contribution is -0.180. The van der Waals surface area contributed by atoms with Crippen LogP contribution in [0.2, 0.25) is 0 Å². The van der Waals surface area contributed by atoms with E-state index in [1.165, 1.54) is 17.7 Å². The first-order valence-electron chi connectivity index (χ1n) is 12.9. The van der Waals surface area contributed by atoms with Gasteiger partial charge in [-0.05, 0) is 85.5 Å². The maximum atomic E-state index is 13.9. The highest BCUT2D eigenvalue weighted by atomic mass is 19.1. The molecule has 2 aromatic rings. The molecule has 0 bridgehead atoms. The number of fused-ring (bicyclic) bond motifs is 6. The lowest BCUT2D eigenvalue weighted by Crippen LogP contribution is -2.60. The summed E-state index contributed by atoms with van der Waals surface area (Å²) in [4.78, 5) is 0. The molecule has 36 heavy (non-hydrogen) atoms. The van der Waals surface area contributed by atoms with Gasteiger partial charge in [0.2, 0.25) is 0 Å². The number of benzene rings is 1. The SMILES string of the molecule is C=C.C[C@]12Cc3cnn(-c4cc(F)cc(F)c4)c3C=C1CCC1C2[C@@H](O)C[C@@]2(C)C1CC[C@]2(O)CO. The Kier molecular flexibility index (Phi) is 6.05. The lowest BCUT2D eigenvalue weighted by atomic mass is 9.45. The number of allylic oxidation sites excluding steroid dienone is 1. The van der Waals surface area contributed by atoms with Crippen LogP contribution in [0, 0.1) is 40.2 Å². The third-order valence-electron chi connectivity index (χ3n) is 10.1. The fraction of sp³-hybridized carbons (Fsp3) is 0.552. The predicted octanol–water partition coefficient (Wildman–Crippen LogP) is 4.83. The summed E-state index contributed by atoms with van der Waals surface area (Å²) in [6.07, 6.45) is 7.73. The van der Waals surface area contributed by atoms with Crippen LogP contribution in [-0.2, 0) is 6.42 Å². The van der Waals surface area contributed by atoms with Crippen molar-refractivity contribution in [1.29, 1.82) is 0 Å². The van der Waals surface area contributed by atoms with E-state index in [0.717, 1.165) is 36.6 Å². The number of halogens is 2. The molecule has 3 saturated carbocycles. The van der Waals surface area contributed by atoms with Crippen LogP contribution in [0.5, 0.6) is 0 Å². The first kappa shape index (κ1) is 25.3. The molecule has 7 atom stereocenters. The molecule has 1 aromatic heterocycles. The van der Waals surface area contributed by atoms with Crippen LogP contribution in [0.3, 0.4) is 0 Å². The molecule has 0 spiro atoms. The molecule has 7 heteroatoms. The summed E-state index contributed by atoms with van der Waals surface area (Å²) >= 11 is 0. The fourth-order valence-electron chi connectivity index (χ4n) is 8.41. The number of nitrogens with zero attached hydrogens (tertiary/aromatic N) is 2. The van der Waals surface area contributed by atoms with Crippen molar-refractivity contribution in [2.24, 2.45) is 28.6 Å². The zero-order chi connectivity index (χ0) is 26.0. The second-order valence-electron chi connectivity index (χ2n) is 11.6. The molecule has 1 heterocycles. The van der Waals surface area contributed by atoms with Crippen molar-refractivity contribution in [1.82, 2.24) is 9.78 Å². The largest absolute Gasteiger partial charge is 0.393 e. The minimum absolute atomic E-state index is 0.0507. The number of rotatable bonds is 2. The quantitative estimate of drug-likeness (QED) is 0.519. The maximum Gasteiger partial charge on any atom is 0.128 e. The average Bonchev–Trinajstić information content (AvgIpc) is 3.35. The highest BCUT2D eigenvalue weighted by Crippen LogP contribution is 2.67. The van der Waals surface area contributed by atoms with Crippen molar-refractivity contribution in [3.63, 3.8) is 0 Å². The molecule has 1 aromatic carbocycles. The van der Waals surface area contributed by atoms with E-state index in [0.29, 0.717) is 24.9 Å². The number of aliphatic hydroxyl groups excluding tert-OH is 2. The Bertz CT molecular complexity index is 1190. The van der Waals surface area contributed by atoms with Crippen molar-refractivity contribution in [3.05, 3.63) is 66.0 Å². The smallest absolute Gasteiger partial charge is 0.128 e.